The van der Waals surface area contributed by atoms with E-state index < -0.39 is 0 Å². The Balaban J connectivity index is 0.000000561. The van der Waals surface area contributed by atoms with Crippen LogP contribution in [0.1, 0.15) is 27.2 Å². The van der Waals surface area contributed by atoms with Crippen LogP contribution in [0, 0.1) is 0 Å². The summed E-state index contributed by atoms with van der Waals surface area (Å²) in [4.78, 5) is 1.40. The summed E-state index contributed by atoms with van der Waals surface area (Å²) in [5.41, 5.74) is 1.41. The number of rotatable bonds is 2. The summed E-state index contributed by atoms with van der Waals surface area (Å²) in [6.45, 7) is 9.82. The van der Waals surface area contributed by atoms with Crippen molar-refractivity contribution in [3.05, 3.63) is 35.3 Å². The fourth-order valence-electron chi connectivity index (χ4n) is 0.996. The van der Waals surface area contributed by atoms with E-state index in [1.165, 1.54) is 22.7 Å². The van der Waals surface area contributed by atoms with Gasteiger partial charge in [-0.25, -0.2) is 0 Å². The van der Waals surface area contributed by atoms with Gasteiger partial charge in [0, 0.05) is 10.7 Å². The number of hydrogen-bond donors (Lipinski definition) is 0. The first kappa shape index (κ1) is 11.6. The summed E-state index contributed by atoms with van der Waals surface area (Å²) in [5.74, 6) is 1.22. The maximum absolute atomic E-state index is 3.77. The van der Waals surface area contributed by atoms with Crippen LogP contribution in [0.3, 0.4) is 0 Å². The summed E-state index contributed by atoms with van der Waals surface area (Å²) < 4.78 is 0. The summed E-state index contributed by atoms with van der Waals surface area (Å²) >= 11 is 1.92. The van der Waals surface area contributed by atoms with Crippen molar-refractivity contribution in [3.8, 4) is 0 Å². The maximum Gasteiger partial charge on any atom is 0.0101 e. The molecular formula is C11H18S. The van der Waals surface area contributed by atoms with E-state index in [-0.39, 0.29) is 0 Å². The molecule has 12 heavy (non-hydrogen) atoms. The van der Waals surface area contributed by atoms with Crippen LogP contribution in [-0.4, -0.2) is 5.75 Å². The highest BCUT2D eigenvalue weighted by atomic mass is 32.2. The van der Waals surface area contributed by atoms with Gasteiger partial charge in [-0.1, -0.05) is 38.7 Å². The molecule has 0 nitrogen and oxygen atoms in total. The lowest BCUT2D eigenvalue weighted by Gasteiger charge is -1.92. The summed E-state index contributed by atoms with van der Waals surface area (Å²) in [6.07, 6.45) is 7.40. The molecule has 0 unspecified atom stereocenters. The van der Waals surface area contributed by atoms with E-state index in [2.05, 4.69) is 18.7 Å². The molecule has 0 N–H and O–H groups in total. The monoisotopic (exact) mass is 182 g/mol. The summed E-state index contributed by atoms with van der Waals surface area (Å²) in [7, 11) is 0. The Labute approximate surface area is 80.4 Å². The van der Waals surface area contributed by atoms with Gasteiger partial charge in [-0.15, -0.1) is 11.8 Å². The minimum absolute atomic E-state index is 1.19. The first-order valence-electron chi connectivity index (χ1n) is 4.49. The normalized spacial score (nSPS) is 16.2. The summed E-state index contributed by atoms with van der Waals surface area (Å²) in [5, 5.41) is 0. The maximum atomic E-state index is 3.77. The fourth-order valence-corrected chi connectivity index (χ4v) is 2.14. The number of hydrogen-bond acceptors (Lipinski definition) is 1. The standard InChI is InChI=1S/C9H12S.C2H6/c1-3-5-9-8(4-2)6-7-10-9;1-2/h3-5H,2,6-7H2,1H3;1-2H3/b5-3-;. The first-order chi connectivity index (χ1) is 5.88. The van der Waals surface area contributed by atoms with E-state index in [0.717, 1.165) is 0 Å². The van der Waals surface area contributed by atoms with E-state index in [4.69, 9.17) is 0 Å². The van der Waals surface area contributed by atoms with E-state index >= 15 is 0 Å². The second-order valence-corrected chi connectivity index (χ2v) is 3.33. The molecular weight excluding hydrogens is 164 g/mol. The SMILES string of the molecule is C=CC1=C(/C=C\C)SCC1.CC. The van der Waals surface area contributed by atoms with Crippen molar-refractivity contribution in [1.29, 1.82) is 0 Å². The predicted molar refractivity (Wildman–Crippen MR) is 60.5 cm³/mol. The lowest BCUT2D eigenvalue weighted by Crippen LogP contribution is -1.72. The molecule has 1 aliphatic heterocycles. The van der Waals surface area contributed by atoms with E-state index in [1.54, 1.807) is 0 Å². The molecule has 0 fully saturated rings. The van der Waals surface area contributed by atoms with Gasteiger partial charge >= 0.3 is 0 Å². The van der Waals surface area contributed by atoms with Gasteiger partial charge in [0.2, 0.25) is 0 Å². The molecule has 1 rings (SSSR count). The molecule has 0 amide bonds. The Morgan fingerprint density at radius 2 is 2.08 bits per heavy atom. The zero-order chi connectivity index (χ0) is 9.40. The lowest BCUT2D eigenvalue weighted by molar-refractivity contribution is 1.19. The minimum Gasteiger partial charge on any atom is -0.126 e. The zero-order valence-electron chi connectivity index (χ0n) is 8.26. The number of allylic oxidation sites excluding steroid dienone is 4. The van der Waals surface area contributed by atoms with Crippen LogP contribution in [0.2, 0.25) is 0 Å². The van der Waals surface area contributed by atoms with Crippen molar-refractivity contribution in [1.82, 2.24) is 0 Å². The second-order valence-electron chi connectivity index (χ2n) is 2.19. The van der Waals surface area contributed by atoms with Crippen LogP contribution < -0.4 is 0 Å². The topological polar surface area (TPSA) is 0 Å². The van der Waals surface area contributed by atoms with Gasteiger partial charge in [-0.2, -0.15) is 0 Å². The Morgan fingerprint density at radius 1 is 1.42 bits per heavy atom. The van der Waals surface area contributed by atoms with Crippen LogP contribution in [0.15, 0.2) is 35.3 Å². The Hall–Kier alpha value is -0.430. The molecule has 0 bridgehead atoms. The van der Waals surface area contributed by atoms with Crippen LogP contribution >= 0.6 is 11.8 Å². The van der Waals surface area contributed by atoms with Crippen LogP contribution in [-0.2, 0) is 0 Å². The van der Waals surface area contributed by atoms with Gasteiger partial charge in [0.1, 0.15) is 0 Å². The molecule has 0 spiro atoms. The first-order valence-corrected chi connectivity index (χ1v) is 5.48. The largest absolute Gasteiger partial charge is 0.126 e. The minimum atomic E-state index is 1.19. The van der Waals surface area contributed by atoms with Crippen molar-refractivity contribution in [2.24, 2.45) is 0 Å². The molecule has 1 heterocycles. The van der Waals surface area contributed by atoms with Crippen molar-refractivity contribution >= 4 is 11.8 Å². The number of thioether (sulfide) groups is 1. The smallest absolute Gasteiger partial charge is 0.0101 e. The molecule has 0 aromatic rings. The third-order valence-corrected chi connectivity index (χ3v) is 2.63. The lowest BCUT2D eigenvalue weighted by atomic mass is 10.2. The average Bonchev–Trinajstić information content (AvgIpc) is 2.56. The van der Waals surface area contributed by atoms with Crippen LogP contribution in [0.4, 0.5) is 0 Å². The molecule has 0 aromatic carbocycles. The third kappa shape index (κ3) is 3.31. The van der Waals surface area contributed by atoms with E-state index in [1.807, 2.05) is 38.6 Å². The van der Waals surface area contributed by atoms with Gasteiger partial charge in [0.05, 0.1) is 0 Å². The van der Waals surface area contributed by atoms with Gasteiger partial charge in [0.25, 0.3) is 0 Å². The highest BCUT2D eigenvalue weighted by molar-refractivity contribution is 8.03. The molecule has 1 heteroatoms. The van der Waals surface area contributed by atoms with E-state index in [9.17, 15) is 0 Å². The molecule has 0 saturated carbocycles. The predicted octanol–water partition coefficient (Wildman–Crippen LogP) is 4.17. The molecule has 0 aromatic heterocycles. The van der Waals surface area contributed by atoms with Gasteiger partial charge in [-0.05, 0) is 18.9 Å². The van der Waals surface area contributed by atoms with Crippen molar-refractivity contribution in [3.63, 3.8) is 0 Å². The third-order valence-electron chi connectivity index (χ3n) is 1.51. The van der Waals surface area contributed by atoms with Crippen LogP contribution in [0.25, 0.3) is 0 Å². The quantitative estimate of drug-likeness (QED) is 0.617. The van der Waals surface area contributed by atoms with Gasteiger partial charge in [0.15, 0.2) is 0 Å². The highest BCUT2D eigenvalue weighted by Gasteiger charge is 2.08. The van der Waals surface area contributed by atoms with Crippen molar-refractivity contribution in [2.75, 3.05) is 5.75 Å². The van der Waals surface area contributed by atoms with Crippen LogP contribution in [0.5, 0.6) is 0 Å². The van der Waals surface area contributed by atoms with Crippen molar-refractivity contribution < 1.29 is 0 Å². The molecule has 1 aliphatic rings. The van der Waals surface area contributed by atoms with Crippen molar-refractivity contribution in [2.45, 2.75) is 27.2 Å². The Bertz CT molecular complexity index is 187. The molecule has 0 radical (unpaired) electrons. The molecule has 68 valence electrons. The fraction of sp³-hybridized carbons (Fsp3) is 0.455. The van der Waals surface area contributed by atoms with Gasteiger partial charge in [-0.3, -0.25) is 0 Å². The second kappa shape index (κ2) is 7.23. The molecule has 0 saturated heterocycles. The molecule has 0 atom stereocenters. The highest BCUT2D eigenvalue weighted by Crippen LogP contribution is 2.32. The molecule has 0 aliphatic carbocycles. The zero-order valence-corrected chi connectivity index (χ0v) is 9.08. The Kier molecular flexibility index (Phi) is 6.97. The summed E-state index contributed by atoms with van der Waals surface area (Å²) in [6, 6.07) is 0. The van der Waals surface area contributed by atoms with E-state index in [0.29, 0.717) is 0 Å². The Morgan fingerprint density at radius 3 is 2.58 bits per heavy atom. The van der Waals surface area contributed by atoms with Gasteiger partial charge < -0.3 is 0 Å². The average molecular weight is 182 g/mol.